The van der Waals surface area contributed by atoms with Crippen LogP contribution in [-0.4, -0.2) is 21.0 Å². The van der Waals surface area contributed by atoms with Gasteiger partial charge in [0.1, 0.15) is 0 Å². The highest BCUT2D eigenvalue weighted by atomic mass is 16.4. The van der Waals surface area contributed by atoms with E-state index in [1.165, 1.54) is 12.4 Å². The summed E-state index contributed by atoms with van der Waals surface area (Å²) in [6.07, 6.45) is 3.87. The zero-order valence-electron chi connectivity index (χ0n) is 8.14. The lowest BCUT2D eigenvalue weighted by atomic mass is 10.1. The number of benzene rings is 1. The Balaban J connectivity index is 2.67. The molecule has 0 aliphatic carbocycles. The van der Waals surface area contributed by atoms with Crippen molar-refractivity contribution in [3.05, 3.63) is 35.7 Å². The monoisotopic (exact) mass is 213 g/mol. The first kappa shape index (κ1) is 9.93. The molecule has 1 aromatic heterocycles. The molecule has 78 valence electrons. The minimum Gasteiger partial charge on any atom is -0.478 e. The summed E-state index contributed by atoms with van der Waals surface area (Å²) in [5, 5.41) is 17.5. The molecule has 5 nitrogen and oxygen atoms in total. The SMILES string of the molecule is N#Cc1ccc2[nH]cnc2c1/C=C/C(=O)O. The Labute approximate surface area is 90.7 Å². The summed E-state index contributed by atoms with van der Waals surface area (Å²) >= 11 is 0. The molecule has 0 atom stereocenters. The number of carboxylic acid groups (broad SMARTS) is 1. The lowest BCUT2D eigenvalue weighted by Crippen LogP contribution is -1.89. The van der Waals surface area contributed by atoms with Gasteiger partial charge in [-0.1, -0.05) is 0 Å². The summed E-state index contributed by atoms with van der Waals surface area (Å²) < 4.78 is 0. The van der Waals surface area contributed by atoms with Gasteiger partial charge in [-0.2, -0.15) is 5.26 Å². The van der Waals surface area contributed by atoms with Crippen LogP contribution in [0.4, 0.5) is 0 Å². The summed E-state index contributed by atoms with van der Waals surface area (Å²) in [4.78, 5) is 17.4. The highest BCUT2D eigenvalue weighted by Crippen LogP contribution is 2.20. The highest BCUT2D eigenvalue weighted by molar-refractivity contribution is 5.92. The normalized spacial score (nSPS) is 10.7. The van der Waals surface area contributed by atoms with Crippen LogP contribution in [0.25, 0.3) is 17.1 Å². The van der Waals surface area contributed by atoms with Gasteiger partial charge in [0.25, 0.3) is 0 Å². The first-order valence-electron chi connectivity index (χ1n) is 4.49. The topological polar surface area (TPSA) is 89.8 Å². The highest BCUT2D eigenvalue weighted by Gasteiger charge is 2.07. The number of carboxylic acids is 1. The lowest BCUT2D eigenvalue weighted by molar-refractivity contribution is -0.131. The number of H-pyrrole nitrogens is 1. The maximum Gasteiger partial charge on any atom is 0.328 e. The average Bonchev–Trinajstić information content (AvgIpc) is 2.73. The summed E-state index contributed by atoms with van der Waals surface area (Å²) in [6.45, 7) is 0. The van der Waals surface area contributed by atoms with E-state index in [1.54, 1.807) is 12.1 Å². The van der Waals surface area contributed by atoms with Gasteiger partial charge in [0.2, 0.25) is 0 Å². The molecule has 2 aromatic rings. The molecule has 0 aliphatic rings. The summed E-state index contributed by atoms with van der Waals surface area (Å²) in [7, 11) is 0. The van der Waals surface area contributed by atoms with E-state index in [-0.39, 0.29) is 0 Å². The van der Waals surface area contributed by atoms with E-state index in [1.807, 2.05) is 6.07 Å². The molecule has 1 heterocycles. The average molecular weight is 213 g/mol. The van der Waals surface area contributed by atoms with Crippen molar-refractivity contribution in [2.75, 3.05) is 0 Å². The second-order valence-corrected chi connectivity index (χ2v) is 3.11. The number of hydrogen-bond donors (Lipinski definition) is 2. The van der Waals surface area contributed by atoms with Crippen LogP contribution in [0.3, 0.4) is 0 Å². The van der Waals surface area contributed by atoms with Crippen LogP contribution in [0.5, 0.6) is 0 Å². The third kappa shape index (κ3) is 1.64. The van der Waals surface area contributed by atoms with Crippen LogP contribution in [-0.2, 0) is 4.79 Å². The minimum absolute atomic E-state index is 0.400. The van der Waals surface area contributed by atoms with Crippen molar-refractivity contribution in [1.29, 1.82) is 5.26 Å². The summed E-state index contributed by atoms with van der Waals surface area (Å²) in [5.41, 5.74) is 2.28. The van der Waals surface area contributed by atoms with Gasteiger partial charge >= 0.3 is 5.97 Å². The van der Waals surface area contributed by atoms with Crippen molar-refractivity contribution < 1.29 is 9.90 Å². The van der Waals surface area contributed by atoms with E-state index in [9.17, 15) is 4.79 Å². The number of aliphatic carboxylic acids is 1. The molecule has 0 saturated heterocycles. The van der Waals surface area contributed by atoms with Gasteiger partial charge in [-0.3, -0.25) is 0 Å². The predicted molar refractivity (Wildman–Crippen MR) is 57.5 cm³/mol. The molecular weight excluding hydrogens is 206 g/mol. The van der Waals surface area contributed by atoms with Gasteiger partial charge in [-0.15, -0.1) is 0 Å². The van der Waals surface area contributed by atoms with Crippen molar-refractivity contribution in [1.82, 2.24) is 9.97 Å². The molecule has 0 radical (unpaired) electrons. The molecule has 0 spiro atoms. The zero-order valence-corrected chi connectivity index (χ0v) is 8.14. The fourth-order valence-corrected chi connectivity index (χ4v) is 1.45. The number of rotatable bonds is 2. The molecule has 5 heteroatoms. The molecule has 2 rings (SSSR count). The number of hydrogen-bond acceptors (Lipinski definition) is 3. The van der Waals surface area contributed by atoms with E-state index < -0.39 is 5.97 Å². The molecule has 0 fully saturated rings. The van der Waals surface area contributed by atoms with Gasteiger partial charge in [0, 0.05) is 11.6 Å². The Bertz CT molecular complexity index is 620. The van der Waals surface area contributed by atoms with Crippen molar-refractivity contribution in [3.8, 4) is 6.07 Å². The van der Waals surface area contributed by atoms with Crippen molar-refractivity contribution in [2.45, 2.75) is 0 Å². The van der Waals surface area contributed by atoms with E-state index in [0.717, 1.165) is 11.6 Å². The van der Waals surface area contributed by atoms with E-state index in [4.69, 9.17) is 10.4 Å². The van der Waals surface area contributed by atoms with Crippen LogP contribution < -0.4 is 0 Å². The maximum atomic E-state index is 10.4. The molecule has 1 aromatic carbocycles. The second-order valence-electron chi connectivity index (χ2n) is 3.11. The third-order valence-electron chi connectivity index (χ3n) is 2.14. The number of nitrogens with one attached hydrogen (secondary N) is 1. The van der Waals surface area contributed by atoms with Gasteiger partial charge in [0.15, 0.2) is 0 Å². The minimum atomic E-state index is -1.06. The predicted octanol–water partition coefficient (Wildman–Crippen LogP) is 1.53. The Morgan fingerprint density at radius 3 is 3.06 bits per heavy atom. The number of aromatic nitrogens is 2. The summed E-state index contributed by atoms with van der Waals surface area (Å²) in [5.74, 6) is -1.06. The molecule has 2 N–H and O–H groups in total. The van der Waals surface area contributed by atoms with Gasteiger partial charge in [0.05, 0.1) is 29.0 Å². The molecule has 0 aliphatic heterocycles. The zero-order chi connectivity index (χ0) is 11.5. The molecular formula is C11H7N3O2. The lowest BCUT2D eigenvalue weighted by Gasteiger charge is -1.98. The fraction of sp³-hybridized carbons (Fsp3) is 0. The molecule has 0 bridgehead atoms. The van der Waals surface area contributed by atoms with Crippen LogP contribution >= 0.6 is 0 Å². The standard InChI is InChI=1S/C11H7N3O2/c12-5-7-1-3-9-11(14-6-13-9)8(7)2-4-10(15)16/h1-4,6H,(H,13,14)(H,15,16)/b4-2+. The van der Waals surface area contributed by atoms with Crippen molar-refractivity contribution >= 4 is 23.1 Å². The van der Waals surface area contributed by atoms with Crippen molar-refractivity contribution in [2.24, 2.45) is 0 Å². The van der Waals surface area contributed by atoms with E-state index in [2.05, 4.69) is 9.97 Å². The number of nitrogens with zero attached hydrogens (tertiary/aromatic N) is 2. The van der Waals surface area contributed by atoms with Crippen molar-refractivity contribution in [3.63, 3.8) is 0 Å². The maximum absolute atomic E-state index is 10.4. The number of aromatic amines is 1. The van der Waals surface area contributed by atoms with Crippen LogP contribution in [0, 0.1) is 11.3 Å². The van der Waals surface area contributed by atoms with E-state index in [0.29, 0.717) is 16.6 Å². The number of nitriles is 1. The van der Waals surface area contributed by atoms with Crippen LogP contribution in [0.2, 0.25) is 0 Å². The second kappa shape index (κ2) is 3.87. The van der Waals surface area contributed by atoms with Gasteiger partial charge in [-0.05, 0) is 18.2 Å². The number of carbonyl (C=O) groups is 1. The first-order valence-corrected chi connectivity index (χ1v) is 4.49. The molecule has 16 heavy (non-hydrogen) atoms. The largest absolute Gasteiger partial charge is 0.478 e. The first-order chi connectivity index (χ1) is 7.72. The quantitative estimate of drug-likeness (QED) is 0.740. The fourth-order valence-electron chi connectivity index (χ4n) is 1.45. The van der Waals surface area contributed by atoms with Gasteiger partial charge < -0.3 is 10.1 Å². The third-order valence-corrected chi connectivity index (χ3v) is 2.14. The van der Waals surface area contributed by atoms with Gasteiger partial charge in [-0.25, -0.2) is 9.78 Å². The van der Waals surface area contributed by atoms with E-state index >= 15 is 0 Å². The Hall–Kier alpha value is -2.61. The molecule has 0 unspecified atom stereocenters. The van der Waals surface area contributed by atoms with Crippen LogP contribution in [0.15, 0.2) is 24.5 Å². The Kier molecular flexibility index (Phi) is 2.40. The molecule has 0 amide bonds. The Morgan fingerprint density at radius 2 is 2.38 bits per heavy atom. The number of imidazole rings is 1. The van der Waals surface area contributed by atoms with Crippen LogP contribution in [0.1, 0.15) is 11.1 Å². The summed E-state index contributed by atoms with van der Waals surface area (Å²) in [6, 6.07) is 5.37. The smallest absolute Gasteiger partial charge is 0.328 e. The Morgan fingerprint density at radius 1 is 1.56 bits per heavy atom. The molecule has 0 saturated carbocycles. The number of fused-ring (bicyclic) bond motifs is 1.